The van der Waals surface area contributed by atoms with E-state index in [1.54, 1.807) is 0 Å². The molecule has 1 aromatic heterocycles. The van der Waals surface area contributed by atoms with Gasteiger partial charge in [-0.25, -0.2) is 4.98 Å². The van der Waals surface area contributed by atoms with E-state index < -0.39 is 0 Å². The number of anilines is 2. The zero-order valence-electron chi connectivity index (χ0n) is 17.3. The lowest BCUT2D eigenvalue weighted by Gasteiger charge is -2.30. The maximum Gasteiger partial charge on any atom is 0.225 e. The van der Waals surface area contributed by atoms with E-state index in [0.29, 0.717) is 5.95 Å². The molecule has 0 atom stereocenters. The van der Waals surface area contributed by atoms with Crippen molar-refractivity contribution in [3.05, 3.63) is 71.8 Å². The van der Waals surface area contributed by atoms with Crippen LogP contribution in [0, 0.1) is 0 Å². The molecule has 3 aromatic rings. The van der Waals surface area contributed by atoms with Crippen LogP contribution in [0.1, 0.15) is 17.5 Å². The molecule has 0 spiro atoms. The van der Waals surface area contributed by atoms with Gasteiger partial charge < -0.3 is 15.1 Å². The van der Waals surface area contributed by atoms with Gasteiger partial charge in [0.25, 0.3) is 0 Å². The molecule has 2 aromatic carbocycles. The predicted octanol–water partition coefficient (Wildman–Crippen LogP) is 4.07. The van der Waals surface area contributed by atoms with E-state index in [1.165, 1.54) is 11.1 Å². The molecule has 0 aliphatic carbocycles. The lowest BCUT2D eigenvalue weighted by atomic mass is 10.00. The number of rotatable bonds is 7. The van der Waals surface area contributed by atoms with Gasteiger partial charge in [0, 0.05) is 31.3 Å². The van der Waals surface area contributed by atoms with E-state index in [9.17, 15) is 0 Å². The maximum absolute atomic E-state index is 4.86. The van der Waals surface area contributed by atoms with Crippen molar-refractivity contribution in [2.45, 2.75) is 19.4 Å². The monoisotopic (exact) mass is 387 g/mol. The van der Waals surface area contributed by atoms with Crippen LogP contribution < -0.4 is 10.2 Å². The van der Waals surface area contributed by atoms with Crippen LogP contribution in [0.4, 0.5) is 11.8 Å². The lowest BCUT2D eigenvalue weighted by Crippen LogP contribution is -2.31. The summed E-state index contributed by atoms with van der Waals surface area (Å²) in [5.41, 5.74) is 4.91. The fourth-order valence-electron chi connectivity index (χ4n) is 3.72. The first-order chi connectivity index (χ1) is 14.2. The van der Waals surface area contributed by atoms with Gasteiger partial charge in [-0.2, -0.15) is 4.98 Å². The van der Waals surface area contributed by atoms with Crippen molar-refractivity contribution in [3.8, 4) is 11.3 Å². The largest absolute Gasteiger partial charge is 0.354 e. The van der Waals surface area contributed by atoms with E-state index in [2.05, 4.69) is 83.8 Å². The molecule has 0 saturated heterocycles. The van der Waals surface area contributed by atoms with Crippen LogP contribution in [0.3, 0.4) is 0 Å². The topological polar surface area (TPSA) is 44.3 Å². The third-order valence-corrected chi connectivity index (χ3v) is 5.30. The molecule has 0 radical (unpaired) electrons. The van der Waals surface area contributed by atoms with Crippen molar-refractivity contribution in [2.24, 2.45) is 0 Å². The van der Waals surface area contributed by atoms with E-state index in [4.69, 9.17) is 9.97 Å². The van der Waals surface area contributed by atoms with E-state index >= 15 is 0 Å². The molecule has 1 aliphatic rings. The normalized spacial score (nSPS) is 13.4. The van der Waals surface area contributed by atoms with Crippen molar-refractivity contribution in [1.29, 1.82) is 0 Å². The Hall–Kier alpha value is -2.92. The van der Waals surface area contributed by atoms with Gasteiger partial charge in [-0.15, -0.1) is 0 Å². The highest BCUT2D eigenvalue weighted by Gasteiger charge is 2.19. The fourth-order valence-corrected chi connectivity index (χ4v) is 3.72. The summed E-state index contributed by atoms with van der Waals surface area (Å²) < 4.78 is 0. The van der Waals surface area contributed by atoms with Crippen molar-refractivity contribution < 1.29 is 0 Å². The second kappa shape index (κ2) is 9.05. The Morgan fingerprint density at radius 2 is 1.72 bits per heavy atom. The molecule has 0 saturated carbocycles. The zero-order valence-corrected chi connectivity index (χ0v) is 17.3. The molecule has 1 N–H and O–H groups in total. The molecular weight excluding hydrogens is 358 g/mol. The van der Waals surface area contributed by atoms with Gasteiger partial charge in [0.1, 0.15) is 5.82 Å². The third-order valence-electron chi connectivity index (χ3n) is 5.30. The van der Waals surface area contributed by atoms with Gasteiger partial charge in [-0.1, -0.05) is 54.6 Å². The van der Waals surface area contributed by atoms with Crippen LogP contribution in [0.2, 0.25) is 0 Å². The summed E-state index contributed by atoms with van der Waals surface area (Å²) in [6.45, 7) is 3.77. The van der Waals surface area contributed by atoms with Gasteiger partial charge in [-0.05, 0) is 44.6 Å². The minimum absolute atomic E-state index is 0.707. The quantitative estimate of drug-likeness (QED) is 0.619. The molecule has 5 heteroatoms. The van der Waals surface area contributed by atoms with Crippen LogP contribution in [-0.4, -0.2) is 48.6 Å². The summed E-state index contributed by atoms with van der Waals surface area (Å²) in [4.78, 5) is 14.2. The van der Waals surface area contributed by atoms with Crippen molar-refractivity contribution in [3.63, 3.8) is 0 Å². The van der Waals surface area contributed by atoms with Crippen LogP contribution in [0.15, 0.2) is 60.7 Å². The average molecular weight is 388 g/mol. The molecule has 2 heterocycles. The zero-order chi connectivity index (χ0) is 20.1. The molecule has 1 aliphatic heterocycles. The minimum atomic E-state index is 0.707. The highest BCUT2D eigenvalue weighted by Crippen LogP contribution is 2.27. The van der Waals surface area contributed by atoms with Crippen LogP contribution in [-0.2, 0) is 13.0 Å². The van der Waals surface area contributed by atoms with Gasteiger partial charge >= 0.3 is 0 Å². The Labute approximate surface area is 173 Å². The molecule has 150 valence electrons. The SMILES string of the molecule is CN(C)CCCNc1nc(-c2ccccc2)cc(N2CCc3ccccc3C2)n1. The molecule has 0 bridgehead atoms. The number of hydrogen-bond donors (Lipinski definition) is 1. The molecule has 0 unspecified atom stereocenters. The van der Waals surface area contributed by atoms with E-state index in [1.807, 2.05) is 6.07 Å². The smallest absolute Gasteiger partial charge is 0.225 e. The Morgan fingerprint density at radius 3 is 2.52 bits per heavy atom. The number of nitrogens with zero attached hydrogens (tertiary/aromatic N) is 4. The van der Waals surface area contributed by atoms with Gasteiger partial charge in [-0.3, -0.25) is 0 Å². The van der Waals surface area contributed by atoms with Gasteiger partial charge in [0.05, 0.1) is 5.69 Å². The first kappa shape index (κ1) is 19.4. The number of hydrogen-bond acceptors (Lipinski definition) is 5. The summed E-state index contributed by atoms with van der Waals surface area (Å²) in [7, 11) is 4.19. The summed E-state index contributed by atoms with van der Waals surface area (Å²) in [6.07, 6.45) is 2.10. The number of aromatic nitrogens is 2. The standard InChI is InChI=1S/C24H29N5/c1-28(2)15-8-14-25-24-26-22(20-10-4-3-5-11-20)17-23(27-24)29-16-13-19-9-6-7-12-21(19)18-29/h3-7,9-12,17H,8,13-16,18H2,1-2H3,(H,25,26,27). The number of fused-ring (bicyclic) bond motifs is 1. The molecule has 29 heavy (non-hydrogen) atoms. The lowest BCUT2D eigenvalue weighted by molar-refractivity contribution is 0.405. The summed E-state index contributed by atoms with van der Waals surface area (Å²) in [5.74, 6) is 1.70. The van der Waals surface area contributed by atoms with Crippen molar-refractivity contribution >= 4 is 11.8 Å². The molecule has 5 nitrogen and oxygen atoms in total. The summed E-state index contributed by atoms with van der Waals surface area (Å²) in [5, 5.41) is 3.43. The fraction of sp³-hybridized carbons (Fsp3) is 0.333. The van der Waals surface area contributed by atoms with Crippen molar-refractivity contribution in [2.75, 3.05) is 43.9 Å². The van der Waals surface area contributed by atoms with Gasteiger partial charge in [0.15, 0.2) is 0 Å². The van der Waals surface area contributed by atoms with E-state index in [-0.39, 0.29) is 0 Å². The number of benzene rings is 2. The van der Waals surface area contributed by atoms with Crippen LogP contribution in [0.25, 0.3) is 11.3 Å². The summed E-state index contributed by atoms with van der Waals surface area (Å²) >= 11 is 0. The average Bonchev–Trinajstić information content (AvgIpc) is 2.76. The second-order valence-electron chi connectivity index (χ2n) is 7.82. The predicted molar refractivity (Wildman–Crippen MR) is 120 cm³/mol. The first-order valence-corrected chi connectivity index (χ1v) is 10.3. The maximum atomic E-state index is 4.86. The second-order valence-corrected chi connectivity index (χ2v) is 7.82. The van der Waals surface area contributed by atoms with Crippen molar-refractivity contribution in [1.82, 2.24) is 14.9 Å². The Bertz CT molecular complexity index is 939. The van der Waals surface area contributed by atoms with Crippen LogP contribution in [0.5, 0.6) is 0 Å². The highest BCUT2D eigenvalue weighted by atomic mass is 15.2. The molecule has 0 fully saturated rings. The Balaban J connectivity index is 1.59. The first-order valence-electron chi connectivity index (χ1n) is 10.3. The van der Waals surface area contributed by atoms with Gasteiger partial charge in [0.2, 0.25) is 5.95 Å². The highest BCUT2D eigenvalue weighted by molar-refractivity contribution is 5.65. The number of nitrogens with one attached hydrogen (secondary N) is 1. The molecule has 4 rings (SSSR count). The third kappa shape index (κ3) is 4.93. The Morgan fingerprint density at radius 1 is 0.966 bits per heavy atom. The van der Waals surface area contributed by atoms with Crippen LogP contribution >= 0.6 is 0 Å². The minimum Gasteiger partial charge on any atom is -0.354 e. The molecule has 0 amide bonds. The van der Waals surface area contributed by atoms with E-state index in [0.717, 1.165) is 56.1 Å². The summed E-state index contributed by atoms with van der Waals surface area (Å²) in [6, 6.07) is 21.2. The molecular formula is C24H29N5. The Kier molecular flexibility index (Phi) is 6.06.